The van der Waals surface area contributed by atoms with Crippen LogP contribution in [-0.2, 0) is 0 Å². The van der Waals surface area contributed by atoms with Gasteiger partial charge in [0.25, 0.3) is 5.91 Å². The Kier molecular flexibility index (Phi) is 5.75. The highest BCUT2D eigenvalue weighted by Gasteiger charge is 2.27. The van der Waals surface area contributed by atoms with Gasteiger partial charge in [-0.15, -0.1) is 0 Å². The zero-order valence-electron chi connectivity index (χ0n) is 16.5. The number of carbonyl (C=O) groups excluding carboxylic acids is 2. The average Bonchev–Trinajstić information content (AvgIpc) is 2.79. The van der Waals surface area contributed by atoms with Crippen LogP contribution in [0.5, 0.6) is 0 Å². The molecule has 6 nitrogen and oxygen atoms in total. The maximum atomic E-state index is 12.5. The molecule has 0 saturated carbocycles. The van der Waals surface area contributed by atoms with E-state index in [2.05, 4.69) is 5.32 Å². The van der Waals surface area contributed by atoms with Gasteiger partial charge in [0.05, 0.1) is 5.69 Å². The summed E-state index contributed by atoms with van der Waals surface area (Å²) in [5.41, 5.74) is 8.97. The average molecular weight is 434 g/mol. The van der Waals surface area contributed by atoms with Crippen LogP contribution in [0.4, 0.5) is 11.4 Å². The molecule has 3 aromatic rings. The Hall–Kier alpha value is -3.61. The highest BCUT2D eigenvalue weighted by molar-refractivity contribution is 6.31. The summed E-state index contributed by atoms with van der Waals surface area (Å²) in [5, 5.41) is 14.3. The van der Waals surface area contributed by atoms with E-state index in [1.807, 2.05) is 41.4 Å². The first-order valence-corrected chi connectivity index (χ1v) is 10.0. The minimum Gasteiger partial charge on any atom is -0.384 e. The first-order valence-electron chi connectivity index (χ1n) is 9.64. The third-order valence-corrected chi connectivity index (χ3v) is 5.35. The quantitative estimate of drug-likeness (QED) is 0.568. The summed E-state index contributed by atoms with van der Waals surface area (Å²) in [6, 6.07) is 21.1. The second-order valence-corrected chi connectivity index (χ2v) is 7.58. The molecule has 1 atom stereocenters. The Morgan fingerprint density at radius 3 is 2.35 bits per heavy atom. The Morgan fingerprint density at radius 2 is 1.68 bits per heavy atom. The first-order chi connectivity index (χ1) is 14.9. The van der Waals surface area contributed by atoms with Crippen molar-refractivity contribution in [3.05, 3.63) is 106 Å². The van der Waals surface area contributed by atoms with Crippen LogP contribution in [0.2, 0.25) is 5.02 Å². The van der Waals surface area contributed by atoms with E-state index in [0.29, 0.717) is 27.3 Å². The van der Waals surface area contributed by atoms with Crippen molar-refractivity contribution in [2.75, 3.05) is 11.4 Å². The predicted octanol–water partition coefficient (Wildman–Crippen LogP) is 3.94. The number of primary amides is 1. The van der Waals surface area contributed by atoms with Gasteiger partial charge in [-0.1, -0.05) is 35.9 Å². The second kappa shape index (κ2) is 8.63. The monoisotopic (exact) mass is 433 g/mol. The molecule has 0 spiro atoms. The van der Waals surface area contributed by atoms with Crippen molar-refractivity contribution < 1.29 is 14.7 Å². The normalized spacial score (nSPS) is 15.1. The Labute approximate surface area is 184 Å². The van der Waals surface area contributed by atoms with E-state index in [1.54, 1.807) is 18.2 Å². The summed E-state index contributed by atoms with van der Waals surface area (Å²) in [4.78, 5) is 25.7. The van der Waals surface area contributed by atoms with Crippen LogP contribution < -0.4 is 16.0 Å². The number of para-hydroxylation sites is 1. The van der Waals surface area contributed by atoms with Crippen LogP contribution in [0.1, 0.15) is 32.4 Å². The van der Waals surface area contributed by atoms with Crippen LogP contribution in [0.3, 0.4) is 0 Å². The Bertz CT molecular complexity index is 1160. The number of amides is 2. The van der Waals surface area contributed by atoms with Crippen LogP contribution in [0.25, 0.3) is 0 Å². The number of hydrogen-bond donors (Lipinski definition) is 3. The van der Waals surface area contributed by atoms with Gasteiger partial charge >= 0.3 is 0 Å². The lowest BCUT2D eigenvalue weighted by atomic mass is 9.95. The molecule has 0 bridgehead atoms. The number of halogens is 1. The highest BCUT2D eigenvalue weighted by Crippen LogP contribution is 2.41. The summed E-state index contributed by atoms with van der Waals surface area (Å²) in [5.74, 6) is -0.875. The van der Waals surface area contributed by atoms with E-state index in [4.69, 9.17) is 17.3 Å². The number of benzene rings is 3. The number of carbonyl (C=O) groups is 2. The predicted molar refractivity (Wildman–Crippen MR) is 120 cm³/mol. The summed E-state index contributed by atoms with van der Waals surface area (Å²) in [6.07, 6.45) is 0.930. The lowest BCUT2D eigenvalue weighted by Crippen LogP contribution is -2.30. The van der Waals surface area contributed by atoms with Gasteiger partial charge in [0.15, 0.2) is 0 Å². The molecule has 2 amide bonds. The topological polar surface area (TPSA) is 95.7 Å². The molecule has 1 heterocycles. The summed E-state index contributed by atoms with van der Waals surface area (Å²) in [7, 11) is 0. The van der Waals surface area contributed by atoms with Gasteiger partial charge in [0.1, 0.15) is 6.10 Å². The molecule has 0 radical (unpaired) electrons. The third kappa shape index (κ3) is 4.30. The minimum absolute atomic E-state index is 0.142. The van der Waals surface area contributed by atoms with Gasteiger partial charge in [-0.25, -0.2) is 0 Å². The van der Waals surface area contributed by atoms with E-state index >= 15 is 0 Å². The summed E-state index contributed by atoms with van der Waals surface area (Å²) in [6.45, 7) is 0.142. The number of fused-ring (bicyclic) bond motifs is 1. The van der Waals surface area contributed by atoms with E-state index in [9.17, 15) is 14.7 Å². The standard InChI is InChI=1S/C24H20ClN3O3/c25-18-10-11-20-21(12-18)28(19-4-2-1-3-5-19)14-17(22(20)29)13-27-24(31)16-8-6-15(7-9-16)23(26)30/h1-12,14,22,29H,13H2,(H2,26,30)(H,27,31). The molecule has 4 rings (SSSR count). The fourth-order valence-electron chi connectivity index (χ4n) is 3.48. The lowest BCUT2D eigenvalue weighted by molar-refractivity contribution is 0.0951. The molecule has 3 aromatic carbocycles. The van der Waals surface area contributed by atoms with Gasteiger partial charge in [-0.3, -0.25) is 9.59 Å². The molecule has 4 N–H and O–H groups in total. The van der Waals surface area contributed by atoms with Crippen molar-refractivity contribution >= 4 is 34.8 Å². The fourth-order valence-corrected chi connectivity index (χ4v) is 3.64. The maximum absolute atomic E-state index is 12.5. The lowest BCUT2D eigenvalue weighted by Gasteiger charge is -2.32. The van der Waals surface area contributed by atoms with Crippen molar-refractivity contribution in [3.63, 3.8) is 0 Å². The SMILES string of the molecule is NC(=O)c1ccc(C(=O)NCC2=CN(c3ccccc3)c3cc(Cl)ccc3C2O)cc1. The number of nitrogens with two attached hydrogens (primary N) is 1. The summed E-state index contributed by atoms with van der Waals surface area (Å²) < 4.78 is 0. The Morgan fingerprint density at radius 1 is 1.00 bits per heavy atom. The molecule has 0 saturated heterocycles. The second-order valence-electron chi connectivity index (χ2n) is 7.14. The smallest absolute Gasteiger partial charge is 0.251 e. The number of nitrogens with one attached hydrogen (secondary N) is 1. The van der Waals surface area contributed by atoms with Crippen LogP contribution in [0.15, 0.2) is 84.6 Å². The van der Waals surface area contributed by atoms with Gasteiger partial charge in [-0.2, -0.15) is 0 Å². The van der Waals surface area contributed by atoms with Crippen LogP contribution in [0, 0.1) is 0 Å². The number of hydrogen-bond acceptors (Lipinski definition) is 4. The molecule has 1 aliphatic rings. The van der Waals surface area contributed by atoms with Gasteiger partial charge in [-0.05, 0) is 54.1 Å². The van der Waals surface area contributed by atoms with Crippen molar-refractivity contribution in [2.24, 2.45) is 5.73 Å². The molecule has 1 aliphatic heterocycles. The van der Waals surface area contributed by atoms with Crippen molar-refractivity contribution in [1.82, 2.24) is 5.32 Å². The first kappa shape index (κ1) is 20.7. The van der Waals surface area contributed by atoms with E-state index < -0.39 is 12.0 Å². The molecule has 0 aromatic heterocycles. The van der Waals surface area contributed by atoms with E-state index in [1.165, 1.54) is 24.3 Å². The molecule has 31 heavy (non-hydrogen) atoms. The maximum Gasteiger partial charge on any atom is 0.251 e. The molecular formula is C24H20ClN3O3. The van der Waals surface area contributed by atoms with Crippen molar-refractivity contribution in [2.45, 2.75) is 6.10 Å². The summed E-state index contributed by atoms with van der Waals surface area (Å²) >= 11 is 6.20. The van der Waals surface area contributed by atoms with E-state index in [0.717, 1.165) is 11.4 Å². The van der Waals surface area contributed by atoms with Crippen molar-refractivity contribution in [3.8, 4) is 0 Å². The molecule has 156 valence electrons. The largest absolute Gasteiger partial charge is 0.384 e. The molecular weight excluding hydrogens is 414 g/mol. The van der Waals surface area contributed by atoms with Crippen molar-refractivity contribution in [1.29, 1.82) is 0 Å². The number of aliphatic hydroxyl groups excluding tert-OH is 1. The van der Waals surface area contributed by atoms with Crippen LogP contribution in [-0.4, -0.2) is 23.5 Å². The molecule has 7 heteroatoms. The molecule has 0 fully saturated rings. The van der Waals surface area contributed by atoms with Gasteiger partial charge in [0, 0.05) is 40.1 Å². The Balaban J connectivity index is 1.59. The van der Waals surface area contributed by atoms with Gasteiger partial charge < -0.3 is 21.1 Å². The number of aliphatic hydroxyl groups is 1. The third-order valence-electron chi connectivity index (χ3n) is 5.11. The fraction of sp³-hybridized carbons (Fsp3) is 0.0833. The number of nitrogens with zero attached hydrogens (tertiary/aromatic N) is 1. The number of anilines is 2. The minimum atomic E-state index is -0.884. The highest BCUT2D eigenvalue weighted by atomic mass is 35.5. The number of rotatable bonds is 5. The zero-order chi connectivity index (χ0) is 22.0. The molecule has 1 unspecified atom stereocenters. The van der Waals surface area contributed by atoms with E-state index in [-0.39, 0.29) is 12.5 Å². The van der Waals surface area contributed by atoms with Gasteiger partial charge in [0.2, 0.25) is 5.91 Å². The van der Waals surface area contributed by atoms with Crippen LogP contribution >= 0.6 is 11.6 Å². The zero-order valence-corrected chi connectivity index (χ0v) is 17.2. The molecule has 0 aliphatic carbocycles.